The Balaban J connectivity index is 0.00000588. The third-order valence-electron chi connectivity index (χ3n) is 7.81. The summed E-state index contributed by atoms with van der Waals surface area (Å²) in [7, 11) is 0. The first-order chi connectivity index (χ1) is 19.3. The van der Waals surface area contributed by atoms with Gasteiger partial charge in [-0.25, -0.2) is 17.6 Å². The zero-order chi connectivity index (χ0) is 28.8. The standard InChI is InChI=1S/C36H46F4.H2O/c1-3-5-7-9-10-11-12-13-15-28-16-18-29(19-17-28)30-20-22-31(23-21-30)33-25-24-32(34(37)35(33)38)27-36(39,40)26-14-8-6-4-2;/h16-25H,3-15,26-27H2,1-2H3;1H2. The first kappa shape index (κ1) is 34.5. The monoisotopic (exact) mass is 572 g/mol. The molecule has 3 aromatic carbocycles. The maximum absolute atomic E-state index is 14.9. The van der Waals surface area contributed by atoms with E-state index in [0.717, 1.165) is 36.8 Å². The Bertz CT molecular complexity index is 1140. The number of unbranched alkanes of at least 4 members (excludes halogenated alkanes) is 10. The van der Waals surface area contributed by atoms with Crippen molar-refractivity contribution in [3.63, 3.8) is 0 Å². The molecule has 3 rings (SSSR count). The quantitative estimate of drug-likeness (QED) is 0.107. The average molecular weight is 573 g/mol. The minimum Gasteiger partial charge on any atom is -0.412 e. The third-order valence-corrected chi connectivity index (χ3v) is 7.81. The lowest BCUT2D eigenvalue weighted by atomic mass is 9.96. The van der Waals surface area contributed by atoms with Gasteiger partial charge in [-0.2, -0.15) is 0 Å². The third kappa shape index (κ3) is 11.3. The largest absolute Gasteiger partial charge is 0.412 e. The van der Waals surface area contributed by atoms with Crippen LogP contribution in [0.1, 0.15) is 108 Å². The molecule has 2 N–H and O–H groups in total. The van der Waals surface area contributed by atoms with Crippen LogP contribution in [0.2, 0.25) is 0 Å². The Labute approximate surface area is 244 Å². The minimum atomic E-state index is -3.05. The number of aryl methyl sites for hydroxylation is 1. The molecule has 226 valence electrons. The van der Waals surface area contributed by atoms with E-state index < -0.39 is 24.0 Å². The van der Waals surface area contributed by atoms with Gasteiger partial charge >= 0.3 is 0 Å². The van der Waals surface area contributed by atoms with Crippen molar-refractivity contribution in [3.8, 4) is 22.3 Å². The predicted octanol–water partition coefficient (Wildman–Crippen LogP) is 11.3. The summed E-state index contributed by atoms with van der Waals surface area (Å²) >= 11 is 0. The van der Waals surface area contributed by atoms with Crippen molar-refractivity contribution in [2.75, 3.05) is 0 Å². The van der Waals surface area contributed by atoms with Crippen molar-refractivity contribution < 1.29 is 23.0 Å². The number of hydrogen-bond donors (Lipinski definition) is 0. The van der Waals surface area contributed by atoms with Gasteiger partial charge in [0.2, 0.25) is 0 Å². The lowest BCUT2D eigenvalue weighted by Gasteiger charge is -2.17. The normalized spacial score (nSPS) is 11.5. The summed E-state index contributed by atoms with van der Waals surface area (Å²) < 4.78 is 58.4. The Morgan fingerprint density at radius 3 is 1.61 bits per heavy atom. The molecule has 1 nitrogen and oxygen atoms in total. The maximum atomic E-state index is 14.9. The SMILES string of the molecule is CCCCCCCCCCc1ccc(-c2ccc(-c3ccc(CC(F)(F)CCCCCC)c(F)c3F)cc2)cc1.O. The first-order valence-electron chi connectivity index (χ1n) is 15.4. The van der Waals surface area contributed by atoms with Crippen LogP contribution in [0.3, 0.4) is 0 Å². The van der Waals surface area contributed by atoms with Gasteiger partial charge in [0.15, 0.2) is 11.6 Å². The number of hydrogen-bond acceptors (Lipinski definition) is 0. The molecule has 0 aliphatic rings. The van der Waals surface area contributed by atoms with Gasteiger partial charge < -0.3 is 5.48 Å². The van der Waals surface area contributed by atoms with Gasteiger partial charge in [-0.1, -0.05) is 139 Å². The van der Waals surface area contributed by atoms with Gasteiger partial charge in [-0.3, -0.25) is 0 Å². The highest BCUT2D eigenvalue weighted by atomic mass is 19.3. The van der Waals surface area contributed by atoms with E-state index in [1.807, 2.05) is 19.1 Å². The second-order valence-corrected chi connectivity index (χ2v) is 11.2. The lowest BCUT2D eigenvalue weighted by molar-refractivity contribution is -0.0103. The van der Waals surface area contributed by atoms with Crippen molar-refractivity contribution in [2.24, 2.45) is 0 Å². The molecule has 0 atom stereocenters. The predicted molar refractivity (Wildman–Crippen MR) is 165 cm³/mol. The van der Waals surface area contributed by atoms with Crippen molar-refractivity contribution in [2.45, 2.75) is 116 Å². The Morgan fingerprint density at radius 2 is 1.02 bits per heavy atom. The molecule has 0 aliphatic carbocycles. The van der Waals surface area contributed by atoms with Gasteiger partial charge in [0.25, 0.3) is 5.92 Å². The summed E-state index contributed by atoms with van der Waals surface area (Å²) in [5.74, 6) is -5.30. The summed E-state index contributed by atoms with van der Waals surface area (Å²) in [5.41, 5.74) is 3.71. The molecular weight excluding hydrogens is 524 g/mol. The zero-order valence-corrected chi connectivity index (χ0v) is 24.9. The highest BCUT2D eigenvalue weighted by Crippen LogP contribution is 2.33. The zero-order valence-electron chi connectivity index (χ0n) is 24.9. The molecule has 0 spiro atoms. The fourth-order valence-electron chi connectivity index (χ4n) is 5.30. The molecule has 0 fully saturated rings. The highest BCUT2D eigenvalue weighted by molar-refractivity contribution is 5.71. The molecule has 5 heteroatoms. The molecule has 0 amide bonds. The van der Waals surface area contributed by atoms with Crippen LogP contribution >= 0.6 is 0 Å². The van der Waals surface area contributed by atoms with E-state index in [1.54, 1.807) is 12.1 Å². The maximum Gasteiger partial charge on any atom is 0.252 e. The molecule has 0 unspecified atom stereocenters. The number of benzene rings is 3. The summed E-state index contributed by atoms with van der Waals surface area (Å²) in [6.07, 6.45) is 13.4. The van der Waals surface area contributed by atoms with E-state index in [-0.39, 0.29) is 23.0 Å². The van der Waals surface area contributed by atoms with Crippen LogP contribution in [0.15, 0.2) is 60.7 Å². The van der Waals surface area contributed by atoms with E-state index >= 15 is 0 Å². The van der Waals surface area contributed by atoms with Crippen molar-refractivity contribution >= 4 is 0 Å². The molecule has 0 saturated heterocycles. The van der Waals surface area contributed by atoms with Gasteiger partial charge in [0.1, 0.15) is 0 Å². The fourth-order valence-corrected chi connectivity index (χ4v) is 5.30. The molecule has 0 radical (unpaired) electrons. The molecule has 3 aromatic rings. The Morgan fingerprint density at radius 1 is 0.537 bits per heavy atom. The van der Waals surface area contributed by atoms with Crippen LogP contribution in [-0.4, -0.2) is 11.4 Å². The molecule has 0 saturated carbocycles. The van der Waals surface area contributed by atoms with Gasteiger partial charge in [-0.15, -0.1) is 0 Å². The summed E-state index contributed by atoms with van der Waals surface area (Å²) in [4.78, 5) is 0. The molecule has 41 heavy (non-hydrogen) atoms. The molecule has 0 heterocycles. The highest BCUT2D eigenvalue weighted by Gasteiger charge is 2.31. The first-order valence-corrected chi connectivity index (χ1v) is 15.4. The van der Waals surface area contributed by atoms with E-state index in [1.165, 1.54) is 69.1 Å². The van der Waals surface area contributed by atoms with Crippen molar-refractivity contribution in [1.82, 2.24) is 0 Å². The average Bonchev–Trinajstić information content (AvgIpc) is 2.96. The van der Waals surface area contributed by atoms with Crippen molar-refractivity contribution in [3.05, 3.63) is 83.4 Å². The van der Waals surface area contributed by atoms with Gasteiger partial charge in [0.05, 0.1) is 0 Å². The topological polar surface area (TPSA) is 31.5 Å². The van der Waals surface area contributed by atoms with Crippen molar-refractivity contribution in [1.29, 1.82) is 0 Å². The molecule has 0 bridgehead atoms. The fraction of sp³-hybridized carbons (Fsp3) is 0.500. The summed E-state index contributed by atoms with van der Waals surface area (Å²) in [6.45, 7) is 4.26. The van der Waals surface area contributed by atoms with Crippen LogP contribution in [0, 0.1) is 11.6 Å². The Hall–Kier alpha value is -2.66. The van der Waals surface area contributed by atoms with Crippen LogP contribution in [-0.2, 0) is 12.8 Å². The van der Waals surface area contributed by atoms with Crippen LogP contribution < -0.4 is 0 Å². The summed E-state index contributed by atoms with van der Waals surface area (Å²) in [5, 5.41) is 0. The van der Waals surface area contributed by atoms with E-state index in [9.17, 15) is 17.6 Å². The Kier molecular flexibility index (Phi) is 15.2. The number of halogens is 4. The molecular formula is C36H48F4O. The second-order valence-electron chi connectivity index (χ2n) is 11.2. The smallest absolute Gasteiger partial charge is 0.252 e. The van der Waals surface area contributed by atoms with Crippen LogP contribution in [0.4, 0.5) is 17.6 Å². The number of rotatable bonds is 18. The molecule has 0 aromatic heterocycles. The van der Waals surface area contributed by atoms with E-state index in [4.69, 9.17) is 0 Å². The lowest BCUT2D eigenvalue weighted by Crippen LogP contribution is -2.20. The van der Waals surface area contributed by atoms with E-state index in [0.29, 0.717) is 12.0 Å². The van der Waals surface area contributed by atoms with Crippen LogP contribution in [0.5, 0.6) is 0 Å². The molecule has 0 aliphatic heterocycles. The van der Waals surface area contributed by atoms with E-state index in [2.05, 4.69) is 31.2 Å². The minimum absolute atomic E-state index is 0. The second kappa shape index (κ2) is 18.0. The summed E-state index contributed by atoms with van der Waals surface area (Å²) in [6, 6.07) is 18.5. The van der Waals surface area contributed by atoms with Gasteiger partial charge in [0, 0.05) is 18.4 Å². The van der Waals surface area contributed by atoms with Crippen LogP contribution in [0.25, 0.3) is 22.3 Å². The van der Waals surface area contributed by atoms with Gasteiger partial charge in [-0.05, 0) is 47.1 Å². The number of alkyl halides is 2.